The number of fused-ring (bicyclic) bond motifs is 3. The molecule has 1 heterocycles. The van der Waals surface area contributed by atoms with Crippen molar-refractivity contribution in [2.75, 3.05) is 0 Å². The molecule has 0 unspecified atom stereocenters. The summed E-state index contributed by atoms with van der Waals surface area (Å²) in [5.41, 5.74) is 4.09. The average molecular weight is 255 g/mol. The molecular formula is C17H21NO. The molecule has 0 saturated carbocycles. The molecule has 2 nitrogen and oxygen atoms in total. The number of nitrogens with one attached hydrogen (secondary N) is 1. The van der Waals surface area contributed by atoms with Crippen molar-refractivity contribution in [1.82, 2.24) is 4.98 Å². The number of hydrogen-bond acceptors (Lipinski definition) is 1. The van der Waals surface area contributed by atoms with Gasteiger partial charge in [-0.1, -0.05) is 32.9 Å². The first-order chi connectivity index (χ1) is 8.94. The summed E-state index contributed by atoms with van der Waals surface area (Å²) in [6.07, 6.45) is 4.28. The van der Waals surface area contributed by atoms with Gasteiger partial charge in [0.1, 0.15) is 0 Å². The Morgan fingerprint density at radius 3 is 2.68 bits per heavy atom. The van der Waals surface area contributed by atoms with E-state index in [4.69, 9.17) is 0 Å². The zero-order valence-electron chi connectivity index (χ0n) is 12.0. The fourth-order valence-corrected chi connectivity index (χ4v) is 3.15. The maximum absolute atomic E-state index is 12.2. The summed E-state index contributed by atoms with van der Waals surface area (Å²) in [6, 6.07) is 6.42. The summed E-state index contributed by atoms with van der Waals surface area (Å²) in [7, 11) is 0. The second-order valence-corrected chi connectivity index (χ2v) is 6.88. The number of rotatable bonds is 1. The molecule has 1 aromatic carbocycles. The molecule has 1 aromatic heterocycles. The van der Waals surface area contributed by atoms with Crippen LogP contribution in [0.25, 0.3) is 10.8 Å². The molecule has 0 aliphatic heterocycles. The van der Waals surface area contributed by atoms with E-state index in [0.717, 1.165) is 42.1 Å². The Balaban J connectivity index is 2.17. The van der Waals surface area contributed by atoms with Gasteiger partial charge in [-0.15, -0.1) is 0 Å². The monoisotopic (exact) mass is 255 g/mol. The first kappa shape index (κ1) is 12.5. The van der Waals surface area contributed by atoms with Gasteiger partial charge in [-0.2, -0.15) is 0 Å². The number of aryl methyl sites for hydroxylation is 2. The molecule has 0 saturated heterocycles. The summed E-state index contributed by atoms with van der Waals surface area (Å²) in [6.45, 7) is 6.68. The predicted octanol–water partition coefficient (Wildman–Crippen LogP) is 3.61. The lowest BCUT2D eigenvalue weighted by molar-refractivity contribution is 0.411. The largest absolute Gasteiger partial charge is 0.325 e. The molecule has 1 aliphatic rings. The highest BCUT2D eigenvalue weighted by molar-refractivity contribution is 5.86. The normalized spacial score (nSPS) is 14.9. The molecule has 0 fully saturated rings. The zero-order chi connectivity index (χ0) is 13.6. The van der Waals surface area contributed by atoms with Crippen LogP contribution in [0.4, 0.5) is 0 Å². The SMILES string of the molecule is CC(C)(C)Cc1ccc2c3c([nH]c(=O)c2c1)CCC3. The van der Waals surface area contributed by atoms with Gasteiger partial charge in [0.05, 0.1) is 0 Å². The molecular weight excluding hydrogens is 234 g/mol. The van der Waals surface area contributed by atoms with Crippen molar-refractivity contribution in [2.45, 2.75) is 46.5 Å². The molecule has 0 atom stereocenters. The van der Waals surface area contributed by atoms with Crippen LogP contribution in [0.2, 0.25) is 0 Å². The summed E-state index contributed by atoms with van der Waals surface area (Å²) < 4.78 is 0. The summed E-state index contributed by atoms with van der Waals surface area (Å²) in [5.74, 6) is 0. The first-order valence-electron chi connectivity index (χ1n) is 7.11. The molecule has 1 N–H and O–H groups in total. The Bertz CT molecular complexity index is 689. The van der Waals surface area contributed by atoms with Crippen LogP contribution < -0.4 is 5.56 Å². The van der Waals surface area contributed by atoms with Crippen LogP contribution in [0.1, 0.15) is 44.0 Å². The van der Waals surface area contributed by atoms with Crippen LogP contribution in [-0.2, 0) is 19.3 Å². The van der Waals surface area contributed by atoms with E-state index in [1.807, 2.05) is 0 Å². The molecule has 3 rings (SSSR count). The Hall–Kier alpha value is -1.57. The van der Waals surface area contributed by atoms with Crippen molar-refractivity contribution in [3.8, 4) is 0 Å². The molecule has 0 amide bonds. The smallest absolute Gasteiger partial charge is 0.256 e. The van der Waals surface area contributed by atoms with Gasteiger partial charge in [0.2, 0.25) is 0 Å². The number of H-pyrrole nitrogens is 1. The lowest BCUT2D eigenvalue weighted by Crippen LogP contribution is -2.12. The summed E-state index contributed by atoms with van der Waals surface area (Å²) in [4.78, 5) is 15.3. The first-order valence-corrected chi connectivity index (χ1v) is 7.11. The maximum Gasteiger partial charge on any atom is 0.256 e. The Kier molecular flexibility index (Phi) is 2.77. The third-order valence-corrected chi connectivity index (χ3v) is 3.87. The third kappa shape index (κ3) is 2.32. The number of benzene rings is 1. The fraction of sp³-hybridized carbons (Fsp3) is 0.471. The van der Waals surface area contributed by atoms with Gasteiger partial charge >= 0.3 is 0 Å². The van der Waals surface area contributed by atoms with Crippen LogP contribution in [0.3, 0.4) is 0 Å². The van der Waals surface area contributed by atoms with Gasteiger partial charge in [-0.3, -0.25) is 4.79 Å². The molecule has 1 aliphatic carbocycles. The molecule has 2 heteroatoms. The van der Waals surface area contributed by atoms with Crippen LogP contribution in [-0.4, -0.2) is 4.98 Å². The van der Waals surface area contributed by atoms with Crippen LogP contribution in [0.5, 0.6) is 0 Å². The summed E-state index contributed by atoms with van der Waals surface area (Å²) in [5, 5.41) is 2.02. The molecule has 2 aromatic rings. The number of aromatic amines is 1. The highest BCUT2D eigenvalue weighted by atomic mass is 16.1. The topological polar surface area (TPSA) is 32.9 Å². The predicted molar refractivity (Wildman–Crippen MR) is 79.8 cm³/mol. The quantitative estimate of drug-likeness (QED) is 0.829. The van der Waals surface area contributed by atoms with E-state index >= 15 is 0 Å². The van der Waals surface area contributed by atoms with Crippen LogP contribution in [0, 0.1) is 5.41 Å². The van der Waals surface area contributed by atoms with E-state index in [-0.39, 0.29) is 11.0 Å². The van der Waals surface area contributed by atoms with Crippen molar-refractivity contribution >= 4 is 10.8 Å². The van der Waals surface area contributed by atoms with Crippen molar-refractivity contribution in [3.63, 3.8) is 0 Å². The van der Waals surface area contributed by atoms with Crippen molar-refractivity contribution in [1.29, 1.82) is 0 Å². The van der Waals surface area contributed by atoms with Gasteiger partial charge in [-0.25, -0.2) is 0 Å². The molecule has 0 radical (unpaired) electrons. The van der Waals surface area contributed by atoms with E-state index < -0.39 is 0 Å². The maximum atomic E-state index is 12.2. The molecule has 0 spiro atoms. The molecule has 100 valence electrons. The van der Waals surface area contributed by atoms with E-state index in [1.165, 1.54) is 11.1 Å². The number of pyridine rings is 1. The van der Waals surface area contributed by atoms with Crippen LogP contribution >= 0.6 is 0 Å². The van der Waals surface area contributed by atoms with E-state index in [2.05, 4.69) is 44.0 Å². The van der Waals surface area contributed by atoms with Gasteiger partial charge in [-0.05, 0) is 53.7 Å². The van der Waals surface area contributed by atoms with Gasteiger partial charge < -0.3 is 4.98 Å². The van der Waals surface area contributed by atoms with E-state index in [9.17, 15) is 4.79 Å². The minimum absolute atomic E-state index is 0.0754. The standard InChI is InChI=1S/C17H21NO/c1-17(2,3)10-11-7-8-12-13-5-4-6-15(13)18-16(19)14(12)9-11/h7-9H,4-6,10H2,1-3H3,(H,18,19). The second-order valence-electron chi connectivity index (χ2n) is 6.88. The minimum Gasteiger partial charge on any atom is -0.325 e. The number of hydrogen-bond donors (Lipinski definition) is 1. The lowest BCUT2D eigenvalue weighted by Gasteiger charge is -2.18. The minimum atomic E-state index is 0.0754. The Morgan fingerprint density at radius 2 is 1.95 bits per heavy atom. The van der Waals surface area contributed by atoms with Crippen molar-refractivity contribution in [3.05, 3.63) is 45.4 Å². The second kappa shape index (κ2) is 4.22. The average Bonchev–Trinajstić information content (AvgIpc) is 2.75. The van der Waals surface area contributed by atoms with Gasteiger partial charge in [0, 0.05) is 11.1 Å². The van der Waals surface area contributed by atoms with E-state index in [0.29, 0.717) is 0 Å². The highest BCUT2D eigenvalue weighted by Gasteiger charge is 2.17. The highest BCUT2D eigenvalue weighted by Crippen LogP contribution is 2.28. The Morgan fingerprint density at radius 1 is 1.16 bits per heavy atom. The zero-order valence-corrected chi connectivity index (χ0v) is 12.0. The lowest BCUT2D eigenvalue weighted by atomic mass is 9.87. The number of aromatic nitrogens is 1. The van der Waals surface area contributed by atoms with Crippen molar-refractivity contribution < 1.29 is 0 Å². The van der Waals surface area contributed by atoms with Crippen LogP contribution in [0.15, 0.2) is 23.0 Å². The Labute approximate surface area is 113 Å². The summed E-state index contributed by atoms with van der Waals surface area (Å²) >= 11 is 0. The molecule has 19 heavy (non-hydrogen) atoms. The van der Waals surface area contributed by atoms with Crippen molar-refractivity contribution in [2.24, 2.45) is 5.41 Å². The van der Waals surface area contributed by atoms with Gasteiger partial charge in [0.15, 0.2) is 0 Å². The fourth-order valence-electron chi connectivity index (χ4n) is 3.15. The molecule has 0 bridgehead atoms. The van der Waals surface area contributed by atoms with E-state index in [1.54, 1.807) is 0 Å². The third-order valence-electron chi connectivity index (χ3n) is 3.87. The van der Waals surface area contributed by atoms with Gasteiger partial charge in [0.25, 0.3) is 5.56 Å².